The predicted molar refractivity (Wildman–Crippen MR) is 87.9 cm³/mol. The van der Waals surface area contributed by atoms with Crippen LogP contribution < -0.4 is 4.90 Å². The van der Waals surface area contributed by atoms with Gasteiger partial charge in [0.1, 0.15) is 11.7 Å². The number of carbonyl (C=O) groups is 1. The van der Waals surface area contributed by atoms with Gasteiger partial charge in [0.05, 0.1) is 6.54 Å². The van der Waals surface area contributed by atoms with E-state index in [0.29, 0.717) is 13.0 Å². The van der Waals surface area contributed by atoms with Gasteiger partial charge in [-0.05, 0) is 24.5 Å². The van der Waals surface area contributed by atoms with Crippen molar-refractivity contribution >= 4 is 23.2 Å². The van der Waals surface area contributed by atoms with Crippen LogP contribution in [-0.2, 0) is 24.8 Å². The Morgan fingerprint density at radius 2 is 2.09 bits per heavy atom. The van der Waals surface area contributed by atoms with Gasteiger partial charge in [-0.15, -0.1) is 21.8 Å². The maximum absolute atomic E-state index is 12.7. The largest absolute Gasteiger partial charge is 0.319 e. The summed E-state index contributed by atoms with van der Waals surface area (Å²) in [6, 6.07) is 7.89. The Labute approximate surface area is 135 Å². The summed E-state index contributed by atoms with van der Waals surface area (Å²) < 4.78 is 1.81. The number of hydrogen-bond acceptors (Lipinski definition) is 3. The normalized spacial score (nSPS) is 12.2. The number of hydrogen-bond donors (Lipinski definition) is 0. The second-order valence-electron chi connectivity index (χ2n) is 5.14. The van der Waals surface area contributed by atoms with E-state index in [1.54, 1.807) is 11.2 Å². The zero-order valence-corrected chi connectivity index (χ0v) is 13.9. The lowest BCUT2D eigenvalue weighted by molar-refractivity contribution is -0.118. The maximum atomic E-state index is 12.7. The van der Waals surface area contributed by atoms with Crippen molar-refractivity contribution in [2.24, 2.45) is 7.05 Å². The number of para-hydroxylation sites is 1. The summed E-state index contributed by atoms with van der Waals surface area (Å²) in [6.07, 6.45) is 3.06. The summed E-state index contributed by atoms with van der Waals surface area (Å²) in [6.45, 7) is 4.33. The third-order valence-corrected chi connectivity index (χ3v) is 4.16. The van der Waals surface area contributed by atoms with Crippen molar-refractivity contribution in [1.82, 2.24) is 14.8 Å². The predicted octanol–water partition coefficient (Wildman–Crippen LogP) is 2.93. The number of nitrogens with zero attached hydrogens (tertiary/aromatic N) is 4. The lowest BCUT2D eigenvalue weighted by Gasteiger charge is -2.26. The van der Waals surface area contributed by atoms with Gasteiger partial charge in [-0.2, -0.15) is 0 Å². The van der Waals surface area contributed by atoms with Crippen LogP contribution in [0.1, 0.15) is 31.7 Å². The summed E-state index contributed by atoms with van der Waals surface area (Å²) in [4.78, 5) is 14.4. The third-order valence-electron chi connectivity index (χ3n) is 3.66. The molecule has 0 fully saturated rings. The highest BCUT2D eigenvalue weighted by Crippen LogP contribution is 2.24. The van der Waals surface area contributed by atoms with Crippen molar-refractivity contribution in [2.45, 2.75) is 38.6 Å². The molecular weight excluding hydrogens is 300 g/mol. The fourth-order valence-electron chi connectivity index (χ4n) is 2.29. The van der Waals surface area contributed by atoms with Gasteiger partial charge >= 0.3 is 0 Å². The second kappa shape index (κ2) is 7.40. The first-order valence-corrected chi connectivity index (χ1v) is 7.88. The van der Waals surface area contributed by atoms with Gasteiger partial charge in [0.2, 0.25) is 5.91 Å². The summed E-state index contributed by atoms with van der Waals surface area (Å²) >= 11 is 6.20. The molecule has 0 saturated carbocycles. The number of amides is 1. The van der Waals surface area contributed by atoms with E-state index in [9.17, 15) is 4.79 Å². The molecule has 0 N–H and O–H groups in total. The molecule has 0 saturated heterocycles. The molecule has 2 aromatic rings. The molecule has 6 heteroatoms. The molecule has 1 aromatic heterocycles. The Morgan fingerprint density at radius 3 is 2.68 bits per heavy atom. The average Bonchev–Trinajstić information content (AvgIpc) is 2.96. The first kappa shape index (κ1) is 16.5. The Balaban J connectivity index is 2.41. The minimum absolute atomic E-state index is 0.104. The molecule has 0 aliphatic carbocycles. The van der Waals surface area contributed by atoms with Gasteiger partial charge in [-0.25, -0.2) is 0 Å². The highest BCUT2D eigenvalue weighted by atomic mass is 35.5. The number of aryl methyl sites for hydroxylation is 2. The quantitative estimate of drug-likeness (QED) is 0.769. The monoisotopic (exact) mass is 320 g/mol. The molecule has 0 radical (unpaired) electrons. The molecule has 1 unspecified atom stereocenters. The van der Waals surface area contributed by atoms with Gasteiger partial charge in [0, 0.05) is 12.7 Å². The van der Waals surface area contributed by atoms with E-state index >= 15 is 0 Å². The van der Waals surface area contributed by atoms with E-state index in [1.165, 1.54) is 0 Å². The Morgan fingerprint density at radius 1 is 1.36 bits per heavy atom. The second-order valence-corrected chi connectivity index (χ2v) is 5.67. The number of carbonyl (C=O) groups excluding carboxylic acids is 1. The first-order valence-electron chi connectivity index (χ1n) is 7.44. The van der Waals surface area contributed by atoms with E-state index in [-0.39, 0.29) is 5.91 Å². The van der Waals surface area contributed by atoms with E-state index in [0.717, 1.165) is 23.5 Å². The number of rotatable bonds is 6. The highest BCUT2D eigenvalue weighted by molar-refractivity contribution is 6.32. The van der Waals surface area contributed by atoms with Crippen LogP contribution in [-0.4, -0.2) is 26.0 Å². The molecule has 5 nitrogen and oxygen atoms in total. The van der Waals surface area contributed by atoms with Crippen LogP contribution >= 0.6 is 11.6 Å². The molecular formula is C16H21ClN4O. The first-order chi connectivity index (χ1) is 10.6. The van der Waals surface area contributed by atoms with Gasteiger partial charge in [-0.3, -0.25) is 4.79 Å². The number of halogens is 1. The van der Waals surface area contributed by atoms with Gasteiger partial charge in [0.15, 0.2) is 5.82 Å². The highest BCUT2D eigenvalue weighted by Gasteiger charge is 2.25. The van der Waals surface area contributed by atoms with Gasteiger partial charge < -0.3 is 9.47 Å². The number of anilines is 1. The smallest absolute Gasteiger partial charge is 0.245 e. The van der Waals surface area contributed by atoms with Crippen molar-refractivity contribution in [1.29, 1.82) is 0 Å². The summed E-state index contributed by atoms with van der Waals surface area (Å²) in [5.41, 5.74) is 2.00. The minimum Gasteiger partial charge on any atom is -0.319 e. The van der Waals surface area contributed by atoms with Crippen molar-refractivity contribution in [3.63, 3.8) is 0 Å². The van der Waals surface area contributed by atoms with Crippen LogP contribution in [0, 0.1) is 0 Å². The average molecular weight is 321 g/mol. The molecule has 0 aliphatic heterocycles. The van der Waals surface area contributed by atoms with Crippen LogP contribution in [0.15, 0.2) is 30.6 Å². The van der Waals surface area contributed by atoms with Gasteiger partial charge in [0.25, 0.3) is 0 Å². The molecule has 1 amide bonds. The number of alkyl halides is 1. The summed E-state index contributed by atoms with van der Waals surface area (Å²) in [5, 5.41) is 7.41. The number of benzene rings is 1. The fraction of sp³-hybridized carbons (Fsp3) is 0.438. The van der Waals surface area contributed by atoms with Crippen molar-refractivity contribution in [2.75, 3.05) is 4.90 Å². The molecule has 0 bridgehead atoms. The molecule has 2 rings (SSSR count). The summed E-state index contributed by atoms with van der Waals surface area (Å²) in [5.74, 6) is 0.618. The zero-order chi connectivity index (χ0) is 16.1. The van der Waals surface area contributed by atoms with Crippen molar-refractivity contribution < 1.29 is 4.79 Å². The van der Waals surface area contributed by atoms with Crippen LogP contribution in [0.25, 0.3) is 0 Å². The SMILES string of the molecule is CCc1ccccc1N(Cc1nncn1C)C(=O)C(Cl)CC. The lowest BCUT2D eigenvalue weighted by Crippen LogP contribution is -2.37. The van der Waals surface area contributed by atoms with Crippen LogP contribution in [0.3, 0.4) is 0 Å². The topological polar surface area (TPSA) is 51.0 Å². The minimum atomic E-state index is -0.543. The molecule has 118 valence electrons. The molecule has 1 atom stereocenters. The van der Waals surface area contributed by atoms with E-state index < -0.39 is 5.38 Å². The molecule has 0 spiro atoms. The zero-order valence-electron chi connectivity index (χ0n) is 13.2. The fourth-order valence-corrected chi connectivity index (χ4v) is 2.41. The van der Waals surface area contributed by atoms with Gasteiger partial charge in [-0.1, -0.05) is 32.0 Å². The Kier molecular flexibility index (Phi) is 5.55. The number of aromatic nitrogens is 3. The van der Waals surface area contributed by atoms with E-state index in [4.69, 9.17) is 11.6 Å². The lowest BCUT2D eigenvalue weighted by atomic mass is 10.1. The van der Waals surface area contributed by atoms with Crippen molar-refractivity contribution in [3.05, 3.63) is 42.0 Å². The molecule has 0 aliphatic rings. The Hall–Kier alpha value is -1.88. The van der Waals surface area contributed by atoms with Crippen LogP contribution in [0.4, 0.5) is 5.69 Å². The summed E-state index contributed by atoms with van der Waals surface area (Å²) in [7, 11) is 1.86. The molecule has 1 aromatic carbocycles. The standard InChI is InChI=1S/C16H21ClN4O/c1-4-12-8-6-7-9-14(12)21(16(22)13(17)5-2)10-15-19-18-11-20(15)3/h6-9,11,13H,4-5,10H2,1-3H3. The maximum Gasteiger partial charge on any atom is 0.245 e. The molecule has 1 heterocycles. The molecule has 22 heavy (non-hydrogen) atoms. The Bertz CT molecular complexity index is 641. The van der Waals surface area contributed by atoms with E-state index in [2.05, 4.69) is 17.1 Å². The third kappa shape index (κ3) is 3.47. The van der Waals surface area contributed by atoms with Crippen LogP contribution in [0.2, 0.25) is 0 Å². The van der Waals surface area contributed by atoms with E-state index in [1.807, 2.05) is 42.8 Å². The van der Waals surface area contributed by atoms with Crippen LogP contribution in [0.5, 0.6) is 0 Å². The van der Waals surface area contributed by atoms with Crippen molar-refractivity contribution in [3.8, 4) is 0 Å².